The summed E-state index contributed by atoms with van der Waals surface area (Å²) in [7, 11) is 1.38. The van der Waals surface area contributed by atoms with Crippen LogP contribution in [0.15, 0.2) is 24.4 Å². The minimum atomic E-state index is -0.367. The van der Waals surface area contributed by atoms with Gasteiger partial charge in [-0.15, -0.1) is 0 Å². The van der Waals surface area contributed by atoms with Crippen LogP contribution in [0.3, 0.4) is 0 Å². The number of carbonyl (C=O) groups is 2. The summed E-state index contributed by atoms with van der Waals surface area (Å²) in [6.07, 6.45) is 2.40. The van der Waals surface area contributed by atoms with Crippen molar-refractivity contribution in [2.45, 2.75) is 18.9 Å². The highest BCUT2D eigenvalue weighted by atomic mass is 16.6. The molecule has 0 unspecified atom stereocenters. The highest BCUT2D eigenvalue weighted by molar-refractivity contribution is 5.87. The molecule has 21 heavy (non-hydrogen) atoms. The Morgan fingerprint density at radius 1 is 1.48 bits per heavy atom. The Morgan fingerprint density at radius 3 is 3.05 bits per heavy atom. The van der Waals surface area contributed by atoms with Crippen molar-refractivity contribution >= 4 is 23.0 Å². The molecule has 1 atom stereocenters. The molecule has 110 valence electrons. The van der Waals surface area contributed by atoms with Crippen LogP contribution in [0.5, 0.6) is 0 Å². The number of esters is 1. The molecule has 0 spiro atoms. The fraction of sp³-hybridized carbons (Fsp3) is 0.333. The second kappa shape index (κ2) is 5.47. The molecule has 6 heteroatoms. The predicted molar refractivity (Wildman–Crippen MR) is 76.0 cm³/mol. The molecule has 1 aromatic heterocycles. The van der Waals surface area contributed by atoms with Crippen LogP contribution in [0, 0.1) is 0 Å². The Bertz CT molecular complexity index is 692. The summed E-state index contributed by atoms with van der Waals surface area (Å²) >= 11 is 0. The summed E-state index contributed by atoms with van der Waals surface area (Å²) in [6.45, 7) is 0.388. The topological polar surface area (TPSA) is 80.4 Å². The molecule has 3 rings (SSSR count). The Balaban J connectivity index is 1.82. The molecule has 0 saturated carbocycles. The second-order valence-electron chi connectivity index (χ2n) is 5.09. The van der Waals surface area contributed by atoms with E-state index in [9.17, 15) is 9.59 Å². The molecule has 1 fully saturated rings. The average molecular weight is 288 g/mol. The fourth-order valence-corrected chi connectivity index (χ4v) is 2.55. The molecule has 2 aromatic rings. The van der Waals surface area contributed by atoms with E-state index in [0.717, 1.165) is 22.0 Å². The van der Waals surface area contributed by atoms with Gasteiger partial charge in [0.25, 0.3) is 0 Å². The zero-order chi connectivity index (χ0) is 14.8. The number of alkyl carbamates (subject to hydrolysis) is 1. The SMILES string of the molecule is COC(=O)Cc1c[nH]c2ccc(C[C@H]3COC(=O)N3)cc12. The third kappa shape index (κ3) is 2.84. The number of nitrogens with one attached hydrogen (secondary N) is 2. The van der Waals surface area contributed by atoms with Crippen LogP contribution in [0.2, 0.25) is 0 Å². The van der Waals surface area contributed by atoms with Crippen molar-refractivity contribution in [3.05, 3.63) is 35.5 Å². The maximum atomic E-state index is 11.4. The fourth-order valence-electron chi connectivity index (χ4n) is 2.55. The van der Waals surface area contributed by atoms with E-state index in [-0.39, 0.29) is 24.5 Å². The van der Waals surface area contributed by atoms with Crippen molar-refractivity contribution < 1.29 is 19.1 Å². The van der Waals surface area contributed by atoms with Gasteiger partial charge in [-0.2, -0.15) is 0 Å². The van der Waals surface area contributed by atoms with E-state index in [1.54, 1.807) is 0 Å². The van der Waals surface area contributed by atoms with Gasteiger partial charge in [0.15, 0.2) is 0 Å². The van der Waals surface area contributed by atoms with Gasteiger partial charge in [-0.1, -0.05) is 6.07 Å². The summed E-state index contributed by atoms with van der Waals surface area (Å²) in [5.41, 5.74) is 2.97. The van der Waals surface area contributed by atoms with E-state index >= 15 is 0 Å². The molecule has 0 aliphatic carbocycles. The van der Waals surface area contributed by atoms with Crippen LogP contribution in [-0.4, -0.2) is 36.8 Å². The molecule has 1 amide bonds. The van der Waals surface area contributed by atoms with Crippen LogP contribution >= 0.6 is 0 Å². The van der Waals surface area contributed by atoms with Gasteiger partial charge in [0, 0.05) is 17.1 Å². The molecule has 2 N–H and O–H groups in total. The Hall–Kier alpha value is -2.50. The number of fused-ring (bicyclic) bond motifs is 1. The zero-order valence-corrected chi connectivity index (χ0v) is 11.6. The number of hydrogen-bond donors (Lipinski definition) is 2. The summed E-state index contributed by atoms with van der Waals surface area (Å²) < 4.78 is 9.59. The summed E-state index contributed by atoms with van der Waals surface area (Å²) in [5.74, 6) is -0.266. The van der Waals surface area contributed by atoms with Crippen LogP contribution in [0.1, 0.15) is 11.1 Å². The highest BCUT2D eigenvalue weighted by Gasteiger charge is 2.22. The van der Waals surface area contributed by atoms with E-state index in [2.05, 4.69) is 10.3 Å². The number of aromatic nitrogens is 1. The minimum Gasteiger partial charge on any atom is -0.469 e. The molecule has 1 aliphatic rings. The number of rotatable bonds is 4. The third-order valence-corrected chi connectivity index (χ3v) is 3.61. The molecule has 1 aromatic carbocycles. The molecule has 2 heterocycles. The van der Waals surface area contributed by atoms with E-state index in [1.165, 1.54) is 7.11 Å². The molecule has 0 radical (unpaired) electrons. The van der Waals surface area contributed by atoms with Gasteiger partial charge < -0.3 is 19.8 Å². The lowest BCUT2D eigenvalue weighted by Crippen LogP contribution is -2.28. The predicted octanol–water partition coefficient (Wildman–Crippen LogP) is 1.53. The monoisotopic (exact) mass is 288 g/mol. The molecular weight excluding hydrogens is 272 g/mol. The Kier molecular flexibility index (Phi) is 3.51. The zero-order valence-electron chi connectivity index (χ0n) is 11.6. The normalized spacial score (nSPS) is 17.6. The number of benzene rings is 1. The van der Waals surface area contributed by atoms with Gasteiger partial charge in [0.05, 0.1) is 19.6 Å². The maximum absolute atomic E-state index is 11.4. The van der Waals surface area contributed by atoms with Crippen molar-refractivity contribution in [2.75, 3.05) is 13.7 Å². The van der Waals surface area contributed by atoms with Crippen LogP contribution in [0.4, 0.5) is 4.79 Å². The summed E-state index contributed by atoms with van der Waals surface area (Å²) in [5, 5.41) is 3.76. The number of amides is 1. The van der Waals surface area contributed by atoms with E-state index in [1.807, 2.05) is 24.4 Å². The van der Waals surface area contributed by atoms with Crippen LogP contribution in [-0.2, 0) is 27.1 Å². The van der Waals surface area contributed by atoms with Gasteiger partial charge >= 0.3 is 12.1 Å². The third-order valence-electron chi connectivity index (χ3n) is 3.61. The molecule has 1 aliphatic heterocycles. The van der Waals surface area contributed by atoms with Gasteiger partial charge in [0.2, 0.25) is 0 Å². The lowest BCUT2D eigenvalue weighted by Gasteiger charge is -2.07. The van der Waals surface area contributed by atoms with Crippen molar-refractivity contribution in [3.63, 3.8) is 0 Å². The number of hydrogen-bond acceptors (Lipinski definition) is 4. The van der Waals surface area contributed by atoms with Crippen molar-refractivity contribution in [3.8, 4) is 0 Å². The van der Waals surface area contributed by atoms with Gasteiger partial charge in [-0.3, -0.25) is 4.79 Å². The summed E-state index contributed by atoms with van der Waals surface area (Å²) in [6, 6.07) is 6.01. The number of carbonyl (C=O) groups excluding carboxylic acids is 2. The Morgan fingerprint density at radius 2 is 2.33 bits per heavy atom. The maximum Gasteiger partial charge on any atom is 0.407 e. The molecule has 6 nitrogen and oxygen atoms in total. The first-order valence-electron chi connectivity index (χ1n) is 6.74. The Labute approximate surface area is 121 Å². The highest BCUT2D eigenvalue weighted by Crippen LogP contribution is 2.22. The minimum absolute atomic E-state index is 0.00190. The van der Waals surface area contributed by atoms with Crippen molar-refractivity contribution in [1.82, 2.24) is 10.3 Å². The van der Waals surface area contributed by atoms with Gasteiger partial charge in [0.1, 0.15) is 6.61 Å². The first-order valence-corrected chi connectivity index (χ1v) is 6.74. The smallest absolute Gasteiger partial charge is 0.407 e. The number of ether oxygens (including phenoxy) is 2. The first kappa shape index (κ1) is 13.5. The van der Waals surface area contributed by atoms with E-state index < -0.39 is 0 Å². The van der Waals surface area contributed by atoms with Crippen molar-refractivity contribution in [1.29, 1.82) is 0 Å². The molecule has 1 saturated heterocycles. The number of aromatic amines is 1. The van der Waals surface area contributed by atoms with Crippen LogP contribution in [0.25, 0.3) is 10.9 Å². The second-order valence-corrected chi connectivity index (χ2v) is 5.09. The standard InChI is InChI=1S/C15H16N2O4/c1-20-14(18)6-10-7-16-13-3-2-9(5-12(10)13)4-11-8-21-15(19)17-11/h2-3,5,7,11,16H,4,6,8H2,1H3,(H,17,19)/t11-/m0/s1. The van der Waals surface area contributed by atoms with E-state index in [0.29, 0.717) is 13.0 Å². The number of methoxy groups -OCH3 is 1. The van der Waals surface area contributed by atoms with Crippen LogP contribution < -0.4 is 5.32 Å². The number of H-pyrrole nitrogens is 1. The molecule has 0 bridgehead atoms. The van der Waals surface area contributed by atoms with Gasteiger partial charge in [-0.05, 0) is 29.7 Å². The lowest BCUT2D eigenvalue weighted by molar-refractivity contribution is -0.139. The van der Waals surface area contributed by atoms with Crippen molar-refractivity contribution in [2.24, 2.45) is 0 Å². The van der Waals surface area contributed by atoms with Gasteiger partial charge in [-0.25, -0.2) is 4.79 Å². The average Bonchev–Trinajstić information content (AvgIpc) is 3.06. The van der Waals surface area contributed by atoms with E-state index in [4.69, 9.17) is 9.47 Å². The number of cyclic esters (lactones) is 1. The largest absolute Gasteiger partial charge is 0.469 e. The first-order chi connectivity index (χ1) is 10.2. The quantitative estimate of drug-likeness (QED) is 0.836. The lowest BCUT2D eigenvalue weighted by atomic mass is 10.0. The molecular formula is C15H16N2O4. The summed E-state index contributed by atoms with van der Waals surface area (Å²) in [4.78, 5) is 25.6.